The van der Waals surface area contributed by atoms with Crippen molar-refractivity contribution in [1.29, 1.82) is 0 Å². The largest absolute Gasteiger partial charge is 0.457 e. The molecular weight excluding hydrogens is 234 g/mol. The molecule has 0 atom stereocenters. The summed E-state index contributed by atoms with van der Waals surface area (Å²) in [6.45, 7) is 4.95. The van der Waals surface area contributed by atoms with Crippen LogP contribution in [0.25, 0.3) is 0 Å². The zero-order chi connectivity index (χ0) is 13.5. The van der Waals surface area contributed by atoms with Crippen molar-refractivity contribution < 1.29 is 4.74 Å². The van der Waals surface area contributed by atoms with Gasteiger partial charge in [0.05, 0.1) is 6.54 Å². The Hall–Kier alpha value is -2.09. The van der Waals surface area contributed by atoms with Crippen LogP contribution in [0, 0.1) is 5.92 Å². The molecule has 0 fully saturated rings. The number of hydrogen-bond donors (Lipinski definition) is 0. The third kappa shape index (κ3) is 4.59. The highest BCUT2D eigenvalue weighted by Gasteiger charge is 1.98. The predicted molar refractivity (Wildman–Crippen MR) is 80.0 cm³/mol. The Labute approximate surface area is 114 Å². The SMILES string of the molecule is CC(C)C=NCc1cccc(Oc2ccccc2)c1. The summed E-state index contributed by atoms with van der Waals surface area (Å²) in [5.41, 5.74) is 1.16. The molecule has 0 N–H and O–H groups in total. The van der Waals surface area contributed by atoms with Gasteiger partial charge in [0.15, 0.2) is 0 Å². The van der Waals surface area contributed by atoms with Crippen LogP contribution in [0.5, 0.6) is 11.5 Å². The maximum atomic E-state index is 5.79. The summed E-state index contributed by atoms with van der Waals surface area (Å²) in [6, 6.07) is 17.9. The summed E-state index contributed by atoms with van der Waals surface area (Å²) in [5, 5.41) is 0. The molecule has 0 unspecified atom stereocenters. The second-order valence-electron chi connectivity index (χ2n) is 4.80. The quantitative estimate of drug-likeness (QED) is 0.707. The number of para-hydroxylation sites is 1. The van der Waals surface area contributed by atoms with E-state index in [1.807, 2.05) is 54.7 Å². The van der Waals surface area contributed by atoms with Crippen LogP contribution in [-0.2, 0) is 6.54 Å². The Morgan fingerprint density at radius 1 is 1.00 bits per heavy atom. The molecular formula is C17H19NO. The van der Waals surface area contributed by atoms with E-state index in [2.05, 4.69) is 24.9 Å². The van der Waals surface area contributed by atoms with Gasteiger partial charge in [-0.15, -0.1) is 0 Å². The molecule has 19 heavy (non-hydrogen) atoms. The predicted octanol–water partition coefficient (Wildman–Crippen LogP) is 4.71. The minimum absolute atomic E-state index is 0.490. The Kier molecular flexibility index (Phi) is 4.73. The van der Waals surface area contributed by atoms with Crippen LogP contribution >= 0.6 is 0 Å². The Balaban J connectivity index is 2.03. The second kappa shape index (κ2) is 6.74. The van der Waals surface area contributed by atoms with Gasteiger partial charge in [-0.05, 0) is 35.7 Å². The Morgan fingerprint density at radius 2 is 1.74 bits per heavy atom. The normalized spacial score (nSPS) is 11.1. The zero-order valence-electron chi connectivity index (χ0n) is 11.4. The highest BCUT2D eigenvalue weighted by molar-refractivity contribution is 5.59. The molecule has 2 heteroatoms. The maximum absolute atomic E-state index is 5.79. The molecule has 0 spiro atoms. The molecule has 2 rings (SSSR count). The number of rotatable bonds is 5. The first-order valence-corrected chi connectivity index (χ1v) is 6.56. The first-order valence-electron chi connectivity index (χ1n) is 6.56. The molecule has 0 saturated carbocycles. The minimum Gasteiger partial charge on any atom is -0.457 e. The van der Waals surface area contributed by atoms with Crippen LogP contribution in [0.4, 0.5) is 0 Å². The van der Waals surface area contributed by atoms with Gasteiger partial charge in [-0.25, -0.2) is 0 Å². The van der Waals surface area contributed by atoms with Crippen LogP contribution in [0.15, 0.2) is 59.6 Å². The first kappa shape index (κ1) is 13.3. The standard InChI is InChI=1S/C17H19NO/c1-14(2)12-18-13-15-7-6-10-17(11-15)19-16-8-4-3-5-9-16/h3-12,14H,13H2,1-2H3. The van der Waals surface area contributed by atoms with Crippen molar-refractivity contribution in [2.24, 2.45) is 10.9 Å². The van der Waals surface area contributed by atoms with Gasteiger partial charge in [0.2, 0.25) is 0 Å². The molecule has 2 nitrogen and oxygen atoms in total. The Bertz CT molecular complexity index is 532. The number of benzene rings is 2. The third-order valence-electron chi connectivity index (χ3n) is 2.55. The van der Waals surface area contributed by atoms with Crippen molar-refractivity contribution in [3.8, 4) is 11.5 Å². The van der Waals surface area contributed by atoms with E-state index < -0.39 is 0 Å². The van der Waals surface area contributed by atoms with Gasteiger partial charge in [-0.3, -0.25) is 4.99 Å². The van der Waals surface area contributed by atoms with Crippen LogP contribution in [-0.4, -0.2) is 6.21 Å². The molecule has 0 bridgehead atoms. The zero-order valence-corrected chi connectivity index (χ0v) is 11.4. The van der Waals surface area contributed by atoms with Gasteiger partial charge in [0, 0.05) is 6.21 Å². The molecule has 0 aromatic heterocycles. The monoisotopic (exact) mass is 253 g/mol. The van der Waals surface area contributed by atoms with Crippen LogP contribution < -0.4 is 4.74 Å². The van der Waals surface area contributed by atoms with Crippen molar-refractivity contribution in [3.05, 3.63) is 60.2 Å². The van der Waals surface area contributed by atoms with Crippen LogP contribution in [0.2, 0.25) is 0 Å². The average molecular weight is 253 g/mol. The van der Waals surface area contributed by atoms with E-state index in [-0.39, 0.29) is 0 Å². The molecule has 0 heterocycles. The molecule has 0 aliphatic heterocycles. The molecule has 0 saturated heterocycles. The van der Waals surface area contributed by atoms with E-state index in [4.69, 9.17) is 4.74 Å². The minimum atomic E-state index is 0.490. The maximum Gasteiger partial charge on any atom is 0.127 e. The fourth-order valence-corrected chi connectivity index (χ4v) is 1.70. The summed E-state index contributed by atoms with van der Waals surface area (Å²) in [4.78, 5) is 4.41. The van der Waals surface area contributed by atoms with Crippen molar-refractivity contribution in [2.75, 3.05) is 0 Å². The van der Waals surface area contributed by atoms with Crippen LogP contribution in [0.3, 0.4) is 0 Å². The van der Waals surface area contributed by atoms with Crippen molar-refractivity contribution >= 4 is 6.21 Å². The van der Waals surface area contributed by atoms with Gasteiger partial charge in [0.25, 0.3) is 0 Å². The molecule has 0 amide bonds. The fraction of sp³-hybridized carbons (Fsp3) is 0.235. The third-order valence-corrected chi connectivity index (χ3v) is 2.55. The van der Waals surface area contributed by atoms with Gasteiger partial charge >= 0.3 is 0 Å². The first-order chi connectivity index (χ1) is 9.24. The molecule has 0 radical (unpaired) electrons. The Morgan fingerprint density at radius 3 is 2.47 bits per heavy atom. The van der Waals surface area contributed by atoms with Crippen molar-refractivity contribution in [2.45, 2.75) is 20.4 Å². The van der Waals surface area contributed by atoms with E-state index in [1.54, 1.807) is 0 Å². The van der Waals surface area contributed by atoms with Crippen LogP contribution in [0.1, 0.15) is 19.4 Å². The van der Waals surface area contributed by atoms with Crippen molar-refractivity contribution in [1.82, 2.24) is 0 Å². The number of hydrogen-bond acceptors (Lipinski definition) is 2. The summed E-state index contributed by atoms with van der Waals surface area (Å²) < 4.78 is 5.79. The van der Waals surface area contributed by atoms with E-state index in [0.29, 0.717) is 12.5 Å². The lowest BCUT2D eigenvalue weighted by Crippen LogP contribution is -1.90. The van der Waals surface area contributed by atoms with E-state index in [1.165, 1.54) is 0 Å². The lowest BCUT2D eigenvalue weighted by Gasteiger charge is -2.06. The lowest BCUT2D eigenvalue weighted by atomic mass is 10.2. The van der Waals surface area contributed by atoms with E-state index in [0.717, 1.165) is 17.1 Å². The summed E-state index contributed by atoms with van der Waals surface area (Å²) >= 11 is 0. The molecule has 2 aromatic rings. The molecule has 98 valence electrons. The van der Waals surface area contributed by atoms with Gasteiger partial charge in [-0.1, -0.05) is 44.2 Å². The number of aliphatic imine (C=N–C) groups is 1. The van der Waals surface area contributed by atoms with Gasteiger partial charge in [-0.2, -0.15) is 0 Å². The number of ether oxygens (including phenoxy) is 1. The molecule has 0 aliphatic rings. The summed E-state index contributed by atoms with van der Waals surface area (Å²) in [6.07, 6.45) is 1.98. The van der Waals surface area contributed by atoms with Gasteiger partial charge < -0.3 is 4.74 Å². The lowest BCUT2D eigenvalue weighted by molar-refractivity contribution is 0.482. The van der Waals surface area contributed by atoms with E-state index >= 15 is 0 Å². The second-order valence-corrected chi connectivity index (χ2v) is 4.80. The van der Waals surface area contributed by atoms with E-state index in [9.17, 15) is 0 Å². The topological polar surface area (TPSA) is 21.6 Å². The number of nitrogens with zero attached hydrogens (tertiary/aromatic N) is 1. The average Bonchev–Trinajstić information content (AvgIpc) is 2.40. The molecule has 0 aliphatic carbocycles. The van der Waals surface area contributed by atoms with Crippen molar-refractivity contribution in [3.63, 3.8) is 0 Å². The molecule has 2 aromatic carbocycles. The fourth-order valence-electron chi connectivity index (χ4n) is 1.70. The summed E-state index contributed by atoms with van der Waals surface area (Å²) in [7, 11) is 0. The highest BCUT2D eigenvalue weighted by atomic mass is 16.5. The van der Waals surface area contributed by atoms with Gasteiger partial charge in [0.1, 0.15) is 11.5 Å². The summed E-state index contributed by atoms with van der Waals surface area (Å²) in [5.74, 6) is 2.19. The highest BCUT2D eigenvalue weighted by Crippen LogP contribution is 2.21. The smallest absolute Gasteiger partial charge is 0.127 e.